The molecule has 9 nitrogen and oxygen atoms in total. The summed E-state index contributed by atoms with van der Waals surface area (Å²) in [5.74, 6) is 2.10. The molecule has 0 aromatic heterocycles. The predicted octanol–water partition coefficient (Wildman–Crippen LogP) is 8.34. The van der Waals surface area contributed by atoms with Gasteiger partial charge in [0.1, 0.15) is 18.0 Å². The highest BCUT2D eigenvalue weighted by Gasteiger charge is 2.60. The number of fused-ring (bicyclic) bond motifs is 5. The van der Waals surface area contributed by atoms with Gasteiger partial charge in [-0.3, -0.25) is 4.79 Å². The van der Waals surface area contributed by atoms with E-state index in [1.165, 1.54) is 19.8 Å². The van der Waals surface area contributed by atoms with Gasteiger partial charge in [-0.1, -0.05) is 51.0 Å². The van der Waals surface area contributed by atoms with Crippen LogP contribution in [0, 0.1) is 40.4 Å². The van der Waals surface area contributed by atoms with Crippen molar-refractivity contribution in [3.05, 3.63) is 23.3 Å². The molecule has 5 aliphatic rings. The van der Waals surface area contributed by atoms with Crippen LogP contribution in [0.15, 0.2) is 23.3 Å². The Labute approximate surface area is 281 Å². The van der Waals surface area contributed by atoms with Crippen LogP contribution in [0.25, 0.3) is 0 Å². The first kappa shape index (κ1) is 35.9. The molecule has 264 valence electrons. The van der Waals surface area contributed by atoms with Crippen molar-refractivity contribution in [1.82, 2.24) is 0 Å². The van der Waals surface area contributed by atoms with Crippen molar-refractivity contribution < 1.29 is 42.8 Å². The fourth-order valence-electron chi connectivity index (χ4n) is 10.2. The highest BCUT2D eigenvalue weighted by Crippen LogP contribution is 2.66. The number of carbonyl (C=O) groups is 3. The number of carbonyl (C=O) groups excluding carboxylic acids is 3. The molecule has 0 aromatic carbocycles. The Bertz CT molecular complexity index is 1230. The summed E-state index contributed by atoms with van der Waals surface area (Å²) < 4.78 is 33.2. The molecule has 10 atom stereocenters. The molecule has 0 aromatic rings. The molecule has 47 heavy (non-hydrogen) atoms. The maximum atomic E-state index is 13.4. The zero-order valence-corrected chi connectivity index (χ0v) is 29.9. The number of hydrogen-bond donors (Lipinski definition) is 0. The zero-order valence-electron chi connectivity index (χ0n) is 29.9. The predicted molar refractivity (Wildman–Crippen MR) is 176 cm³/mol. The molecule has 0 radical (unpaired) electrons. The van der Waals surface area contributed by atoms with Crippen LogP contribution >= 0.6 is 0 Å². The number of Topliss-reactive ketones (excluding diaryl/α,β-unsaturated/α-hetero) is 1. The van der Waals surface area contributed by atoms with E-state index in [4.69, 9.17) is 28.4 Å². The smallest absolute Gasteiger partial charge is 0.438 e. The van der Waals surface area contributed by atoms with Gasteiger partial charge in [-0.05, 0) is 93.8 Å². The van der Waals surface area contributed by atoms with Gasteiger partial charge in [-0.25, -0.2) is 9.59 Å². The van der Waals surface area contributed by atoms with Crippen molar-refractivity contribution in [2.75, 3.05) is 20.8 Å². The summed E-state index contributed by atoms with van der Waals surface area (Å²) in [6.45, 7) is 14.1. The molecule has 0 bridgehead atoms. The average molecular weight is 659 g/mol. The Kier molecular flexibility index (Phi) is 10.9. The summed E-state index contributed by atoms with van der Waals surface area (Å²) in [6, 6.07) is 0. The Balaban J connectivity index is 1.28. The second kappa shape index (κ2) is 14.2. The van der Waals surface area contributed by atoms with Gasteiger partial charge < -0.3 is 28.4 Å². The number of ketones is 1. The van der Waals surface area contributed by atoms with Gasteiger partial charge in [-0.2, -0.15) is 0 Å². The fourth-order valence-corrected chi connectivity index (χ4v) is 10.2. The van der Waals surface area contributed by atoms with Crippen molar-refractivity contribution in [2.45, 2.75) is 136 Å². The molecule has 1 heterocycles. The highest BCUT2D eigenvalue weighted by molar-refractivity contribution is 5.79. The van der Waals surface area contributed by atoms with E-state index in [1.807, 2.05) is 13.8 Å². The summed E-state index contributed by atoms with van der Waals surface area (Å²) in [5, 5.41) is 0. The molecule has 5 rings (SSSR count). The van der Waals surface area contributed by atoms with E-state index in [9.17, 15) is 14.4 Å². The number of methoxy groups -OCH3 is 2. The van der Waals surface area contributed by atoms with Crippen LogP contribution in [-0.4, -0.2) is 63.0 Å². The van der Waals surface area contributed by atoms with Gasteiger partial charge in [0.2, 0.25) is 0 Å². The highest BCUT2D eigenvalue weighted by atomic mass is 16.7. The van der Waals surface area contributed by atoms with Crippen LogP contribution < -0.4 is 0 Å². The Hall–Kier alpha value is -2.39. The van der Waals surface area contributed by atoms with Gasteiger partial charge in [0.05, 0.1) is 19.8 Å². The normalized spacial score (nSPS) is 36.3. The lowest BCUT2D eigenvalue weighted by atomic mass is 9.49. The maximum Gasteiger partial charge on any atom is 0.508 e. The minimum atomic E-state index is -0.732. The molecule has 4 fully saturated rings. The number of hydrogen-bond acceptors (Lipinski definition) is 9. The maximum absolute atomic E-state index is 13.4. The molecule has 0 N–H and O–H groups in total. The third-order valence-electron chi connectivity index (χ3n) is 12.8. The molecular weight excluding hydrogens is 600 g/mol. The average Bonchev–Trinajstić information content (AvgIpc) is 3.38. The lowest BCUT2D eigenvalue weighted by molar-refractivity contribution is -0.216. The lowest BCUT2D eigenvalue weighted by Gasteiger charge is -2.57. The minimum absolute atomic E-state index is 0.130. The summed E-state index contributed by atoms with van der Waals surface area (Å²) >= 11 is 0. The van der Waals surface area contributed by atoms with Gasteiger partial charge in [0.15, 0.2) is 6.29 Å². The topological polar surface area (TPSA) is 107 Å². The molecule has 0 amide bonds. The van der Waals surface area contributed by atoms with E-state index in [2.05, 4.69) is 39.8 Å². The number of ether oxygens (including phenoxy) is 6. The number of allylic oxidation sites excluding steroid dienone is 3. The van der Waals surface area contributed by atoms with Gasteiger partial charge in [-0.15, -0.1) is 0 Å². The quantitative estimate of drug-likeness (QED) is 0.214. The summed E-state index contributed by atoms with van der Waals surface area (Å²) in [6.07, 6.45) is 11.2. The van der Waals surface area contributed by atoms with Crippen molar-refractivity contribution >= 4 is 18.1 Å². The first-order valence-electron chi connectivity index (χ1n) is 17.9. The van der Waals surface area contributed by atoms with E-state index in [0.29, 0.717) is 43.4 Å². The minimum Gasteiger partial charge on any atom is -0.438 e. The van der Waals surface area contributed by atoms with E-state index >= 15 is 0 Å². The van der Waals surface area contributed by atoms with E-state index < -0.39 is 35.5 Å². The first-order chi connectivity index (χ1) is 22.2. The largest absolute Gasteiger partial charge is 0.508 e. The summed E-state index contributed by atoms with van der Waals surface area (Å²) in [7, 11) is 2.62. The van der Waals surface area contributed by atoms with E-state index in [-0.39, 0.29) is 29.3 Å². The van der Waals surface area contributed by atoms with E-state index in [1.54, 1.807) is 0 Å². The molecular formula is C38H58O9. The molecule has 9 heteroatoms. The fraction of sp³-hybridized carbons (Fsp3) is 0.816. The van der Waals surface area contributed by atoms with Crippen LogP contribution in [0.4, 0.5) is 9.59 Å². The van der Waals surface area contributed by atoms with Crippen molar-refractivity contribution in [3.63, 3.8) is 0 Å². The SMILES string of the molecule is COC(=O)O[C@@H]1CC2=CC=C3[C@@H]4CC[C@H]([C@H](C)[C@H](C)CC(=O)CC(C)(C)OC5CCCCO5)[C@@]4(C)CC[C@@H]3[C@@]2(C)[C@@H](OC(=O)OC)C1. The third-order valence-corrected chi connectivity index (χ3v) is 12.8. The zero-order chi connectivity index (χ0) is 34.1. The Morgan fingerprint density at radius 2 is 1.68 bits per heavy atom. The van der Waals surface area contributed by atoms with Gasteiger partial charge in [0.25, 0.3) is 0 Å². The molecule has 1 unspecified atom stereocenters. The van der Waals surface area contributed by atoms with E-state index in [0.717, 1.165) is 57.1 Å². The van der Waals surface area contributed by atoms with Crippen LogP contribution in [0.2, 0.25) is 0 Å². The molecule has 0 spiro atoms. The molecule has 1 aliphatic heterocycles. The second-order valence-electron chi connectivity index (χ2n) is 16.1. The Morgan fingerprint density at radius 1 is 0.957 bits per heavy atom. The summed E-state index contributed by atoms with van der Waals surface area (Å²) in [5.41, 5.74) is 1.77. The second-order valence-corrected chi connectivity index (χ2v) is 16.1. The van der Waals surface area contributed by atoms with Crippen LogP contribution in [0.5, 0.6) is 0 Å². The monoisotopic (exact) mass is 658 g/mol. The van der Waals surface area contributed by atoms with Gasteiger partial charge in [0, 0.05) is 37.7 Å². The summed E-state index contributed by atoms with van der Waals surface area (Å²) in [4.78, 5) is 37.8. The first-order valence-corrected chi connectivity index (χ1v) is 17.9. The van der Waals surface area contributed by atoms with Crippen molar-refractivity contribution in [1.29, 1.82) is 0 Å². The molecule has 1 saturated heterocycles. The van der Waals surface area contributed by atoms with Crippen LogP contribution in [-0.2, 0) is 33.2 Å². The Morgan fingerprint density at radius 3 is 2.36 bits per heavy atom. The molecule has 3 saturated carbocycles. The molecule has 4 aliphatic carbocycles. The van der Waals surface area contributed by atoms with Crippen molar-refractivity contribution in [3.8, 4) is 0 Å². The van der Waals surface area contributed by atoms with Gasteiger partial charge >= 0.3 is 12.3 Å². The van der Waals surface area contributed by atoms with Crippen LogP contribution in [0.1, 0.15) is 112 Å². The standard InChI is InChI=1S/C38H58O9/c1-23(19-26(39)22-36(3,4)47-33-11-9-10-18-44-33)24(2)29-14-15-30-28-13-12-25-20-27(45-34(40)42-7)21-32(46-35(41)43-8)38(25,6)31(28)16-17-37(29,30)5/h12-13,23-24,27,29-33H,9-11,14-22H2,1-8H3/t23-,24-,27-,29-,30+,31+,32+,33?,37-,38+/m1/s1. The van der Waals surface area contributed by atoms with Crippen LogP contribution in [0.3, 0.4) is 0 Å². The third kappa shape index (κ3) is 7.31. The van der Waals surface area contributed by atoms with Crippen molar-refractivity contribution in [2.24, 2.45) is 40.4 Å². The lowest BCUT2D eigenvalue weighted by Crippen LogP contribution is -2.54. The number of rotatable bonds is 10.